The molecule has 1 aromatic heterocycles. The van der Waals surface area contributed by atoms with Crippen molar-refractivity contribution in [2.75, 3.05) is 33.4 Å². The first kappa shape index (κ1) is 15.7. The van der Waals surface area contributed by atoms with Crippen molar-refractivity contribution in [2.45, 2.75) is 19.5 Å². The minimum absolute atomic E-state index is 0.0178. The van der Waals surface area contributed by atoms with Gasteiger partial charge in [0.15, 0.2) is 0 Å². The Morgan fingerprint density at radius 3 is 2.78 bits per heavy atom. The highest BCUT2D eigenvalue weighted by Crippen LogP contribution is 2.20. The van der Waals surface area contributed by atoms with Crippen LogP contribution in [0.2, 0.25) is 0 Å². The van der Waals surface area contributed by atoms with Crippen LogP contribution in [0.1, 0.15) is 17.3 Å². The maximum Gasteiger partial charge on any atom is 0.254 e. The van der Waals surface area contributed by atoms with E-state index in [1.807, 2.05) is 6.92 Å². The smallest absolute Gasteiger partial charge is 0.254 e. The van der Waals surface area contributed by atoms with Gasteiger partial charge in [-0.15, -0.1) is 0 Å². The van der Waals surface area contributed by atoms with Crippen molar-refractivity contribution in [3.8, 4) is 0 Å². The van der Waals surface area contributed by atoms with Crippen LogP contribution in [0.25, 0.3) is 0 Å². The second kappa shape index (κ2) is 6.16. The van der Waals surface area contributed by atoms with Gasteiger partial charge in [0.2, 0.25) is 5.91 Å². The topological polar surface area (TPSA) is 71.8 Å². The fourth-order valence-corrected chi connectivity index (χ4v) is 3.15. The van der Waals surface area contributed by atoms with Crippen LogP contribution < -0.4 is 5.56 Å². The van der Waals surface area contributed by atoms with Gasteiger partial charge < -0.3 is 19.1 Å². The lowest BCUT2D eigenvalue weighted by atomic mass is 10.1. The third kappa shape index (κ3) is 2.88. The number of amides is 2. The number of carbonyl (C=O) groups excluding carboxylic acids is 2. The van der Waals surface area contributed by atoms with Crippen LogP contribution in [0.15, 0.2) is 23.1 Å². The molecule has 2 atom stereocenters. The number of aromatic nitrogens is 1. The van der Waals surface area contributed by atoms with Crippen molar-refractivity contribution in [3.63, 3.8) is 0 Å². The van der Waals surface area contributed by atoms with Crippen LogP contribution in [0, 0.1) is 5.92 Å². The highest BCUT2D eigenvalue weighted by molar-refractivity contribution is 5.94. The standard InChI is InChI=1S/C16H21N3O4/c1-3-18-5-4-11(6-14(18)20)16(22)19-7-12-9-23-10-13(8-19)17(2)15(12)21/h4-6,12-13H,3,7-10H2,1-2H3/t12-,13+/m1/s1. The minimum atomic E-state index is -0.340. The fourth-order valence-electron chi connectivity index (χ4n) is 3.15. The van der Waals surface area contributed by atoms with E-state index in [0.717, 1.165) is 0 Å². The molecule has 0 saturated carbocycles. The molecule has 2 saturated heterocycles. The first-order valence-corrected chi connectivity index (χ1v) is 7.85. The minimum Gasteiger partial charge on any atom is -0.378 e. The van der Waals surface area contributed by atoms with Gasteiger partial charge >= 0.3 is 0 Å². The Bertz CT molecular complexity index is 684. The van der Waals surface area contributed by atoms with Gasteiger partial charge in [-0.05, 0) is 13.0 Å². The van der Waals surface area contributed by atoms with E-state index >= 15 is 0 Å². The number of ether oxygens (including phenoxy) is 1. The predicted octanol–water partition coefficient (Wildman–Crippen LogP) is -0.203. The quantitative estimate of drug-likeness (QED) is 0.757. The summed E-state index contributed by atoms with van der Waals surface area (Å²) in [6, 6.07) is 2.89. The fraction of sp³-hybridized carbons (Fsp3) is 0.562. The van der Waals surface area contributed by atoms with E-state index in [1.54, 1.807) is 33.7 Å². The molecular weight excluding hydrogens is 298 g/mol. The van der Waals surface area contributed by atoms with Crippen LogP contribution in [0.5, 0.6) is 0 Å². The van der Waals surface area contributed by atoms with Gasteiger partial charge in [-0.25, -0.2) is 0 Å². The molecule has 0 aliphatic carbocycles. The molecule has 0 spiro atoms. The molecule has 2 fully saturated rings. The molecule has 0 unspecified atom stereocenters. The third-order valence-corrected chi connectivity index (χ3v) is 4.62. The van der Waals surface area contributed by atoms with Crippen LogP contribution in [-0.2, 0) is 16.1 Å². The molecule has 0 radical (unpaired) electrons. The second-order valence-electron chi connectivity index (χ2n) is 6.09. The maximum atomic E-state index is 12.8. The molecule has 7 nitrogen and oxygen atoms in total. The Balaban J connectivity index is 1.86. The van der Waals surface area contributed by atoms with Crippen molar-refractivity contribution in [3.05, 3.63) is 34.2 Å². The van der Waals surface area contributed by atoms with Crippen molar-refractivity contribution < 1.29 is 14.3 Å². The van der Waals surface area contributed by atoms with Gasteiger partial charge in [-0.1, -0.05) is 0 Å². The summed E-state index contributed by atoms with van der Waals surface area (Å²) in [6.45, 7) is 3.96. The summed E-state index contributed by atoms with van der Waals surface area (Å²) in [6.07, 6.45) is 1.63. The van der Waals surface area contributed by atoms with Gasteiger partial charge in [0.05, 0.1) is 25.2 Å². The van der Waals surface area contributed by atoms with Gasteiger partial charge in [-0.2, -0.15) is 0 Å². The number of likely N-dealkylation sites (N-methyl/N-ethyl adjacent to an activating group) is 1. The average Bonchev–Trinajstić information content (AvgIpc) is 2.72. The van der Waals surface area contributed by atoms with Gasteiger partial charge in [0, 0.05) is 44.5 Å². The third-order valence-electron chi connectivity index (χ3n) is 4.62. The Kier molecular flexibility index (Phi) is 4.21. The molecule has 2 bridgehead atoms. The molecule has 124 valence electrons. The van der Waals surface area contributed by atoms with Crippen LogP contribution in [0.4, 0.5) is 0 Å². The number of pyridine rings is 1. The summed E-state index contributed by atoms with van der Waals surface area (Å²) in [5, 5.41) is 0. The van der Waals surface area contributed by atoms with E-state index in [9.17, 15) is 14.4 Å². The summed E-state index contributed by atoms with van der Waals surface area (Å²) in [5.41, 5.74) is 0.181. The lowest BCUT2D eigenvalue weighted by Crippen LogP contribution is -2.45. The summed E-state index contributed by atoms with van der Waals surface area (Å²) >= 11 is 0. The summed E-state index contributed by atoms with van der Waals surface area (Å²) < 4.78 is 7.07. The Hall–Kier alpha value is -2.15. The lowest BCUT2D eigenvalue weighted by molar-refractivity contribution is -0.133. The molecular formula is C16H21N3O4. The van der Waals surface area contributed by atoms with Crippen molar-refractivity contribution in [1.82, 2.24) is 14.4 Å². The summed E-state index contributed by atoms with van der Waals surface area (Å²) in [7, 11) is 1.76. The average molecular weight is 319 g/mol. The largest absolute Gasteiger partial charge is 0.378 e. The Labute approximate surface area is 134 Å². The SMILES string of the molecule is CCn1ccc(C(=O)N2C[C@@H]3COC[C@H](C2)N(C)C3=O)cc1=O. The molecule has 2 amide bonds. The Morgan fingerprint density at radius 2 is 2.09 bits per heavy atom. The molecule has 3 heterocycles. The van der Waals surface area contributed by atoms with Crippen LogP contribution >= 0.6 is 0 Å². The molecule has 2 aliphatic rings. The van der Waals surface area contributed by atoms with E-state index in [0.29, 0.717) is 38.4 Å². The number of aryl methyl sites for hydroxylation is 1. The van der Waals surface area contributed by atoms with Crippen LogP contribution in [-0.4, -0.2) is 65.6 Å². The summed E-state index contributed by atoms with van der Waals surface area (Å²) in [5.74, 6) is -0.526. The number of rotatable bonds is 2. The monoisotopic (exact) mass is 319 g/mol. The van der Waals surface area contributed by atoms with E-state index in [2.05, 4.69) is 0 Å². The maximum absolute atomic E-state index is 12.8. The Morgan fingerprint density at radius 1 is 1.30 bits per heavy atom. The predicted molar refractivity (Wildman–Crippen MR) is 83.1 cm³/mol. The zero-order chi connectivity index (χ0) is 16.6. The first-order chi connectivity index (χ1) is 11.0. The zero-order valence-electron chi connectivity index (χ0n) is 13.4. The zero-order valence-corrected chi connectivity index (χ0v) is 13.4. The van der Waals surface area contributed by atoms with Crippen molar-refractivity contribution in [2.24, 2.45) is 5.92 Å². The second-order valence-corrected chi connectivity index (χ2v) is 6.09. The number of fused-ring (bicyclic) bond motifs is 3. The van der Waals surface area contributed by atoms with Gasteiger partial charge in [0.1, 0.15) is 0 Å². The molecule has 2 aliphatic heterocycles. The van der Waals surface area contributed by atoms with Crippen LogP contribution in [0.3, 0.4) is 0 Å². The number of hydrogen-bond acceptors (Lipinski definition) is 4. The van der Waals surface area contributed by atoms with Crippen molar-refractivity contribution in [1.29, 1.82) is 0 Å². The van der Waals surface area contributed by atoms with Crippen molar-refractivity contribution >= 4 is 11.8 Å². The van der Waals surface area contributed by atoms with E-state index in [-0.39, 0.29) is 29.3 Å². The lowest BCUT2D eigenvalue weighted by Gasteiger charge is -2.29. The molecule has 3 rings (SSSR count). The van der Waals surface area contributed by atoms with Gasteiger partial charge in [0.25, 0.3) is 11.5 Å². The van der Waals surface area contributed by atoms with E-state index in [1.165, 1.54) is 6.07 Å². The number of carbonyl (C=O) groups is 2. The number of nitrogens with zero attached hydrogens (tertiary/aromatic N) is 3. The molecule has 7 heteroatoms. The molecule has 0 N–H and O–H groups in total. The highest BCUT2D eigenvalue weighted by atomic mass is 16.5. The highest BCUT2D eigenvalue weighted by Gasteiger charge is 2.38. The van der Waals surface area contributed by atoms with E-state index in [4.69, 9.17) is 4.74 Å². The van der Waals surface area contributed by atoms with Gasteiger partial charge in [-0.3, -0.25) is 14.4 Å². The molecule has 1 aromatic rings. The molecule has 23 heavy (non-hydrogen) atoms. The number of hydrogen-bond donors (Lipinski definition) is 0. The first-order valence-electron chi connectivity index (χ1n) is 7.85. The summed E-state index contributed by atoms with van der Waals surface area (Å²) in [4.78, 5) is 40.4. The normalized spacial score (nSPS) is 24.5. The molecule has 0 aromatic carbocycles. The van der Waals surface area contributed by atoms with E-state index < -0.39 is 0 Å².